The molecule has 1 fully saturated rings. The second kappa shape index (κ2) is 10.7. The van der Waals surface area contributed by atoms with Crippen LogP contribution in [0.4, 0.5) is 31.1 Å². The highest BCUT2D eigenvalue weighted by Gasteiger charge is 2.37. The molecule has 0 atom stereocenters. The smallest absolute Gasteiger partial charge is 0.416 e. The van der Waals surface area contributed by atoms with Crippen LogP contribution in [0.2, 0.25) is 0 Å². The van der Waals surface area contributed by atoms with Crippen molar-refractivity contribution in [3.05, 3.63) is 34.9 Å². The van der Waals surface area contributed by atoms with Crippen molar-refractivity contribution >= 4 is 23.8 Å². The van der Waals surface area contributed by atoms with Crippen LogP contribution < -0.4 is 0 Å². The Morgan fingerprint density at radius 3 is 1.94 bits per heavy atom. The van der Waals surface area contributed by atoms with Crippen LogP contribution in [0, 0.1) is 0 Å². The minimum Gasteiger partial charge on any atom is -0.456 e. The molecule has 8 nitrogen and oxygen atoms in total. The molecule has 1 aromatic carbocycles. The van der Waals surface area contributed by atoms with Crippen molar-refractivity contribution < 1.29 is 55.0 Å². The monoisotopic (exact) mass is 526 g/mol. The number of benzene rings is 1. The molecule has 1 heterocycles. The Labute approximate surface area is 202 Å². The fourth-order valence-electron chi connectivity index (χ4n) is 3.12. The van der Waals surface area contributed by atoms with Crippen molar-refractivity contribution in [3.63, 3.8) is 0 Å². The lowest BCUT2D eigenvalue weighted by atomic mass is 10.0. The molecule has 0 unspecified atom stereocenters. The summed E-state index contributed by atoms with van der Waals surface area (Å²) in [6, 6.07) is 0.767. The summed E-state index contributed by atoms with van der Waals surface area (Å²) in [4.78, 5) is 50.6. The van der Waals surface area contributed by atoms with Crippen LogP contribution in [0.5, 0.6) is 0 Å². The van der Waals surface area contributed by atoms with Gasteiger partial charge in [-0.2, -0.15) is 26.3 Å². The van der Waals surface area contributed by atoms with Crippen molar-refractivity contribution in [2.45, 2.75) is 45.1 Å². The summed E-state index contributed by atoms with van der Waals surface area (Å²) in [6.45, 7) is 3.19. The molecular weight excluding hydrogens is 502 g/mol. The molecule has 200 valence electrons. The van der Waals surface area contributed by atoms with Crippen molar-refractivity contribution in [3.8, 4) is 0 Å². The van der Waals surface area contributed by atoms with Crippen LogP contribution in [0.15, 0.2) is 18.2 Å². The first-order chi connectivity index (χ1) is 16.3. The van der Waals surface area contributed by atoms with E-state index in [2.05, 4.69) is 0 Å². The van der Waals surface area contributed by atoms with Crippen LogP contribution >= 0.6 is 0 Å². The highest BCUT2D eigenvalue weighted by molar-refractivity contribution is 5.88. The van der Waals surface area contributed by atoms with Crippen molar-refractivity contribution in [1.82, 2.24) is 9.80 Å². The molecule has 1 aliphatic heterocycles. The van der Waals surface area contributed by atoms with Crippen LogP contribution in [0.1, 0.15) is 37.5 Å². The van der Waals surface area contributed by atoms with Crippen molar-refractivity contribution in [2.24, 2.45) is 0 Å². The standard InChI is InChI=1S/C22H24F6N2O6/c1-20(2,3)36-19(34)30-5-4-29(17(32)10-30)11-18(33)35-12-16(31)8-13-6-14(21(23,24)25)9-15(7-13)22(26,27)28/h6-7,9H,4-5,8,10-12H2,1-3H3. The van der Waals surface area contributed by atoms with E-state index in [-0.39, 0.29) is 25.7 Å². The lowest BCUT2D eigenvalue weighted by molar-refractivity contribution is -0.153. The first-order valence-electron chi connectivity index (χ1n) is 10.6. The maximum Gasteiger partial charge on any atom is 0.416 e. The van der Waals surface area contributed by atoms with E-state index in [1.165, 1.54) is 0 Å². The van der Waals surface area contributed by atoms with Crippen molar-refractivity contribution in [2.75, 3.05) is 32.8 Å². The lowest BCUT2D eigenvalue weighted by Gasteiger charge is -2.34. The molecule has 14 heteroatoms. The van der Waals surface area contributed by atoms with Gasteiger partial charge in [0.2, 0.25) is 5.91 Å². The predicted molar refractivity (Wildman–Crippen MR) is 111 cm³/mol. The van der Waals surface area contributed by atoms with Gasteiger partial charge in [-0.1, -0.05) is 0 Å². The molecule has 0 aromatic heterocycles. The van der Waals surface area contributed by atoms with E-state index in [0.29, 0.717) is 12.1 Å². The average molecular weight is 526 g/mol. The van der Waals surface area contributed by atoms with Crippen LogP contribution in [-0.2, 0) is 42.6 Å². The van der Waals surface area contributed by atoms with Crippen LogP contribution in [0.25, 0.3) is 0 Å². The van der Waals surface area contributed by atoms with Gasteiger partial charge in [-0.25, -0.2) is 4.79 Å². The quantitative estimate of drug-likeness (QED) is 0.417. The van der Waals surface area contributed by atoms with E-state index < -0.39 is 78.0 Å². The Bertz CT molecular complexity index is 984. The Kier molecular flexibility index (Phi) is 8.63. The summed E-state index contributed by atoms with van der Waals surface area (Å²) in [5.74, 6) is -2.54. The number of nitrogens with zero attached hydrogens (tertiary/aromatic N) is 2. The van der Waals surface area contributed by atoms with E-state index in [1.807, 2.05) is 0 Å². The molecule has 1 saturated heterocycles. The third-order valence-corrected chi connectivity index (χ3v) is 4.73. The number of piperazine rings is 1. The molecule has 0 aliphatic carbocycles. The van der Waals surface area contributed by atoms with Gasteiger partial charge < -0.3 is 14.4 Å². The Morgan fingerprint density at radius 2 is 1.47 bits per heavy atom. The molecule has 36 heavy (non-hydrogen) atoms. The van der Waals surface area contributed by atoms with Crippen LogP contribution in [-0.4, -0.2) is 71.9 Å². The zero-order chi connectivity index (χ0) is 27.5. The molecule has 0 spiro atoms. The maximum absolute atomic E-state index is 12.9. The van der Waals surface area contributed by atoms with Gasteiger partial charge in [0.05, 0.1) is 11.1 Å². The number of halogens is 6. The minimum atomic E-state index is -5.06. The summed E-state index contributed by atoms with van der Waals surface area (Å²) in [6.07, 6.45) is -11.7. The number of carbonyl (C=O) groups is 4. The molecule has 1 aromatic rings. The summed E-state index contributed by atoms with van der Waals surface area (Å²) in [5, 5.41) is 0. The number of alkyl halides is 6. The number of carbonyl (C=O) groups excluding carboxylic acids is 4. The largest absolute Gasteiger partial charge is 0.456 e. The minimum absolute atomic E-state index is 0.0222. The molecule has 0 bridgehead atoms. The van der Waals surface area contributed by atoms with E-state index in [1.54, 1.807) is 20.8 Å². The van der Waals surface area contributed by atoms with Crippen LogP contribution in [0.3, 0.4) is 0 Å². The SMILES string of the molecule is CC(C)(C)OC(=O)N1CCN(CC(=O)OCC(=O)Cc2cc(C(F)(F)F)cc(C(F)(F)F)c2)C(=O)C1. The molecule has 1 aliphatic rings. The first-order valence-corrected chi connectivity index (χ1v) is 10.6. The number of rotatable bonds is 6. The highest BCUT2D eigenvalue weighted by atomic mass is 19.4. The summed E-state index contributed by atoms with van der Waals surface area (Å²) < 4.78 is 87.5. The molecule has 0 N–H and O–H groups in total. The third kappa shape index (κ3) is 8.72. The zero-order valence-corrected chi connectivity index (χ0v) is 19.6. The first kappa shape index (κ1) is 28.9. The molecule has 0 saturated carbocycles. The van der Waals surface area contributed by atoms with E-state index in [0.717, 1.165) is 9.80 Å². The van der Waals surface area contributed by atoms with Gasteiger partial charge in [0.15, 0.2) is 5.78 Å². The predicted octanol–water partition coefficient (Wildman–Crippen LogP) is 3.46. The van der Waals surface area contributed by atoms with Gasteiger partial charge in [0, 0.05) is 19.5 Å². The third-order valence-electron chi connectivity index (χ3n) is 4.73. The average Bonchev–Trinajstić information content (AvgIpc) is 2.71. The van der Waals surface area contributed by atoms with E-state index in [4.69, 9.17) is 9.47 Å². The normalized spacial score (nSPS) is 15.1. The number of esters is 1. The number of amides is 2. The zero-order valence-electron chi connectivity index (χ0n) is 19.6. The van der Waals surface area contributed by atoms with E-state index in [9.17, 15) is 45.5 Å². The second-order valence-corrected chi connectivity index (χ2v) is 9.01. The second-order valence-electron chi connectivity index (χ2n) is 9.01. The number of Topliss-reactive ketones (excluding diaryl/α,β-unsaturated/α-hetero) is 1. The van der Waals surface area contributed by atoms with Gasteiger partial charge >= 0.3 is 24.4 Å². The van der Waals surface area contributed by atoms with Gasteiger partial charge in [0.25, 0.3) is 0 Å². The number of hydrogen-bond donors (Lipinski definition) is 0. The molecule has 2 rings (SSSR count). The van der Waals surface area contributed by atoms with Gasteiger partial charge in [-0.3, -0.25) is 19.3 Å². The molecule has 2 amide bonds. The molecule has 0 radical (unpaired) electrons. The number of ketones is 1. The van der Waals surface area contributed by atoms with Crippen molar-refractivity contribution in [1.29, 1.82) is 0 Å². The maximum atomic E-state index is 12.9. The van der Waals surface area contributed by atoms with Gasteiger partial charge in [-0.05, 0) is 44.5 Å². The fourth-order valence-corrected chi connectivity index (χ4v) is 3.12. The summed E-state index contributed by atoms with van der Waals surface area (Å²) in [7, 11) is 0. The van der Waals surface area contributed by atoms with E-state index >= 15 is 0 Å². The summed E-state index contributed by atoms with van der Waals surface area (Å²) >= 11 is 0. The topological polar surface area (TPSA) is 93.2 Å². The Balaban J connectivity index is 1.90. The number of ether oxygens (including phenoxy) is 2. The summed E-state index contributed by atoms with van der Waals surface area (Å²) in [5.41, 5.74) is -4.45. The van der Waals surface area contributed by atoms with Gasteiger partial charge in [-0.15, -0.1) is 0 Å². The molecular formula is C22H24F6N2O6. The van der Waals surface area contributed by atoms with Gasteiger partial charge in [0.1, 0.15) is 25.3 Å². The fraction of sp³-hybridized carbons (Fsp3) is 0.545. The number of hydrogen-bond acceptors (Lipinski definition) is 6. The highest BCUT2D eigenvalue weighted by Crippen LogP contribution is 2.36. The lowest BCUT2D eigenvalue weighted by Crippen LogP contribution is -2.54. The Morgan fingerprint density at radius 1 is 0.917 bits per heavy atom. The Hall–Kier alpha value is -3.32.